The first-order valence-corrected chi connectivity index (χ1v) is 14.6. The normalized spacial score (nSPS) is 13.9. The zero-order chi connectivity index (χ0) is 28.0. The van der Waals surface area contributed by atoms with E-state index < -0.39 is 0 Å². The van der Waals surface area contributed by atoms with Crippen LogP contribution in [-0.4, -0.2) is 39.1 Å². The number of nitrogens with zero attached hydrogens (tertiary/aromatic N) is 4. The molecule has 2 aromatic heterocycles. The Morgan fingerprint density at radius 3 is 2.66 bits per heavy atom. The maximum absolute atomic E-state index is 13.5. The maximum Gasteiger partial charge on any atom is 0.141 e. The molecule has 1 aliphatic heterocycles. The van der Waals surface area contributed by atoms with Crippen molar-refractivity contribution in [2.45, 2.75) is 38.8 Å². The Labute approximate surface area is 244 Å². The molecule has 6 rings (SSSR count). The minimum absolute atomic E-state index is 0.226. The number of rotatable bonds is 10. The smallest absolute Gasteiger partial charge is 0.141 e. The van der Waals surface area contributed by atoms with E-state index in [2.05, 4.69) is 55.3 Å². The molecule has 3 heterocycles. The fourth-order valence-electron chi connectivity index (χ4n) is 5.37. The third-order valence-electron chi connectivity index (χ3n) is 7.54. The quantitative estimate of drug-likeness (QED) is 0.184. The van der Waals surface area contributed by atoms with Gasteiger partial charge in [0.15, 0.2) is 0 Å². The lowest BCUT2D eigenvalue weighted by atomic mass is 10.1. The van der Waals surface area contributed by atoms with Gasteiger partial charge in [0.2, 0.25) is 0 Å². The van der Waals surface area contributed by atoms with Gasteiger partial charge in [-0.15, -0.1) is 0 Å². The van der Waals surface area contributed by atoms with Gasteiger partial charge in [-0.25, -0.2) is 14.4 Å². The Bertz CT molecular complexity index is 1630. The Balaban J connectivity index is 1.13. The molecule has 41 heavy (non-hydrogen) atoms. The molecule has 1 fully saturated rings. The summed E-state index contributed by atoms with van der Waals surface area (Å²) >= 11 is 6.52. The van der Waals surface area contributed by atoms with Crippen molar-refractivity contribution in [2.75, 3.05) is 25.0 Å². The molecule has 6 nitrogen and oxygen atoms in total. The van der Waals surface area contributed by atoms with Crippen molar-refractivity contribution < 1.29 is 9.13 Å². The first kappa shape index (κ1) is 27.2. The summed E-state index contributed by atoms with van der Waals surface area (Å²) in [7, 11) is 0. The van der Waals surface area contributed by atoms with E-state index >= 15 is 0 Å². The predicted molar refractivity (Wildman–Crippen MR) is 163 cm³/mol. The number of anilines is 2. The van der Waals surface area contributed by atoms with Gasteiger partial charge in [-0.2, -0.15) is 0 Å². The fraction of sp³-hybridized carbons (Fsp3) is 0.273. The number of piperidine rings is 1. The number of ether oxygens (including phenoxy) is 1. The topological polar surface area (TPSA) is 55.2 Å². The zero-order valence-corrected chi connectivity index (χ0v) is 23.7. The average molecular weight is 570 g/mol. The van der Waals surface area contributed by atoms with Crippen LogP contribution in [-0.2, 0) is 13.2 Å². The van der Waals surface area contributed by atoms with Crippen LogP contribution in [0.15, 0.2) is 85.5 Å². The van der Waals surface area contributed by atoms with Crippen LogP contribution in [0, 0.1) is 5.82 Å². The highest BCUT2D eigenvalue weighted by Crippen LogP contribution is 2.32. The van der Waals surface area contributed by atoms with Gasteiger partial charge >= 0.3 is 0 Å². The lowest BCUT2D eigenvalue weighted by Crippen LogP contribution is -2.31. The monoisotopic (exact) mass is 569 g/mol. The maximum atomic E-state index is 13.5. The summed E-state index contributed by atoms with van der Waals surface area (Å²) < 4.78 is 21.6. The molecule has 1 saturated heterocycles. The third kappa shape index (κ3) is 6.87. The van der Waals surface area contributed by atoms with E-state index in [4.69, 9.17) is 16.3 Å². The second kappa shape index (κ2) is 12.7. The highest BCUT2D eigenvalue weighted by atomic mass is 35.5. The molecule has 3 aromatic carbocycles. The van der Waals surface area contributed by atoms with Gasteiger partial charge in [0, 0.05) is 30.0 Å². The van der Waals surface area contributed by atoms with Gasteiger partial charge in [0.25, 0.3) is 0 Å². The Kier molecular flexibility index (Phi) is 8.44. The van der Waals surface area contributed by atoms with E-state index in [0.717, 1.165) is 40.7 Å². The van der Waals surface area contributed by atoms with E-state index in [1.54, 1.807) is 24.5 Å². The zero-order valence-electron chi connectivity index (χ0n) is 22.9. The van der Waals surface area contributed by atoms with E-state index in [0.29, 0.717) is 16.6 Å². The molecule has 210 valence electrons. The van der Waals surface area contributed by atoms with Crippen LogP contribution in [0.2, 0.25) is 5.02 Å². The largest absolute Gasteiger partial charge is 0.487 e. The molecule has 0 bridgehead atoms. The number of halogens is 2. The summed E-state index contributed by atoms with van der Waals surface area (Å²) in [5.41, 5.74) is 4.65. The number of aryl methyl sites for hydroxylation is 1. The van der Waals surface area contributed by atoms with E-state index in [-0.39, 0.29) is 12.4 Å². The molecule has 0 amide bonds. The van der Waals surface area contributed by atoms with Crippen molar-refractivity contribution >= 4 is 34.0 Å². The van der Waals surface area contributed by atoms with Gasteiger partial charge in [0.1, 0.15) is 30.3 Å². The van der Waals surface area contributed by atoms with Gasteiger partial charge in [0.05, 0.1) is 10.5 Å². The summed E-state index contributed by atoms with van der Waals surface area (Å²) in [5.74, 6) is 0.928. The molecule has 0 unspecified atom stereocenters. The summed E-state index contributed by atoms with van der Waals surface area (Å²) in [4.78, 5) is 11.6. The summed E-state index contributed by atoms with van der Waals surface area (Å²) in [6.45, 7) is 4.90. The molecule has 0 radical (unpaired) electrons. The van der Waals surface area contributed by atoms with Gasteiger partial charge in [-0.1, -0.05) is 36.2 Å². The molecule has 0 aliphatic carbocycles. The molecule has 1 aliphatic rings. The highest BCUT2D eigenvalue weighted by molar-refractivity contribution is 6.32. The van der Waals surface area contributed by atoms with Crippen LogP contribution in [0.5, 0.6) is 5.75 Å². The van der Waals surface area contributed by atoms with Gasteiger partial charge in [-0.05, 0) is 104 Å². The molecule has 0 atom stereocenters. The van der Waals surface area contributed by atoms with E-state index in [9.17, 15) is 4.39 Å². The molecule has 0 spiro atoms. The van der Waals surface area contributed by atoms with Crippen LogP contribution in [0.4, 0.5) is 15.9 Å². The van der Waals surface area contributed by atoms with Crippen LogP contribution in [0.25, 0.3) is 22.0 Å². The second-order valence-electron chi connectivity index (χ2n) is 10.5. The first-order chi connectivity index (χ1) is 20.1. The molecule has 8 heteroatoms. The van der Waals surface area contributed by atoms with Crippen molar-refractivity contribution in [3.8, 4) is 16.9 Å². The summed E-state index contributed by atoms with van der Waals surface area (Å²) in [6, 6.07) is 20.2. The lowest BCUT2D eigenvalue weighted by molar-refractivity contribution is 0.223. The Morgan fingerprint density at radius 2 is 1.80 bits per heavy atom. The SMILES string of the molecule is Fc1cccc(COc2ccc(Nc3ncnc4ccc(-c5ccn(CCCN6CCCCC6)c5)cc34)cc2Cl)c1. The van der Waals surface area contributed by atoms with Crippen molar-refractivity contribution in [1.29, 1.82) is 0 Å². The number of benzene rings is 3. The molecule has 0 saturated carbocycles. The standard InChI is InChI=1S/C33H33ClFN5O/c34-30-20-28(9-11-32(30)41-22-24-6-4-7-27(35)18-24)38-33-29-19-25(8-10-31(29)36-23-37-33)26-12-17-40(21-26)16-5-15-39-13-2-1-3-14-39/h4,6-12,17-21,23H,1-3,5,13-16,22H2,(H,36,37,38). The van der Waals surface area contributed by atoms with Crippen LogP contribution in [0.3, 0.4) is 0 Å². The predicted octanol–water partition coefficient (Wildman–Crippen LogP) is 8.09. The van der Waals surface area contributed by atoms with Crippen molar-refractivity contribution in [2.24, 2.45) is 0 Å². The minimum Gasteiger partial charge on any atom is -0.487 e. The first-order valence-electron chi connectivity index (χ1n) is 14.2. The van der Waals surface area contributed by atoms with Crippen LogP contribution in [0.1, 0.15) is 31.2 Å². The average Bonchev–Trinajstić information content (AvgIpc) is 3.46. The van der Waals surface area contributed by atoms with Crippen molar-refractivity contribution in [3.63, 3.8) is 0 Å². The third-order valence-corrected chi connectivity index (χ3v) is 7.83. The minimum atomic E-state index is -0.294. The van der Waals surface area contributed by atoms with Crippen molar-refractivity contribution in [3.05, 3.63) is 102 Å². The van der Waals surface area contributed by atoms with Crippen LogP contribution >= 0.6 is 11.6 Å². The van der Waals surface area contributed by atoms with Gasteiger partial charge < -0.3 is 19.5 Å². The van der Waals surface area contributed by atoms with Gasteiger partial charge in [-0.3, -0.25) is 0 Å². The second-order valence-corrected chi connectivity index (χ2v) is 10.9. The number of aromatic nitrogens is 3. The molecule has 1 N–H and O–H groups in total. The summed E-state index contributed by atoms with van der Waals surface area (Å²) in [6.07, 6.45) is 11.1. The molecular formula is C33H33ClFN5O. The van der Waals surface area contributed by atoms with Crippen LogP contribution < -0.4 is 10.1 Å². The number of likely N-dealkylation sites (tertiary alicyclic amines) is 1. The van der Waals surface area contributed by atoms with E-state index in [1.165, 1.54) is 56.6 Å². The summed E-state index contributed by atoms with van der Waals surface area (Å²) in [5, 5.41) is 4.76. The number of hydrogen-bond acceptors (Lipinski definition) is 5. The highest BCUT2D eigenvalue weighted by Gasteiger charge is 2.11. The molecular weight excluding hydrogens is 537 g/mol. The van der Waals surface area contributed by atoms with Crippen molar-refractivity contribution in [1.82, 2.24) is 19.4 Å². The Hall–Kier alpha value is -3.94. The molecule has 5 aromatic rings. The lowest BCUT2D eigenvalue weighted by Gasteiger charge is -2.26. The number of nitrogens with one attached hydrogen (secondary N) is 1. The van der Waals surface area contributed by atoms with E-state index in [1.807, 2.05) is 18.2 Å². The fourth-order valence-corrected chi connectivity index (χ4v) is 5.60. The number of hydrogen-bond donors (Lipinski definition) is 1. The Morgan fingerprint density at radius 1 is 0.902 bits per heavy atom. The number of fused-ring (bicyclic) bond motifs is 1.